The Morgan fingerprint density at radius 1 is 0.960 bits per heavy atom. The summed E-state index contributed by atoms with van der Waals surface area (Å²) >= 11 is 0. The summed E-state index contributed by atoms with van der Waals surface area (Å²) in [6, 6.07) is 20.2. The minimum atomic E-state index is -0.0692. The number of nitrogens with one attached hydrogen (secondary N) is 3. The van der Waals surface area contributed by atoms with Crippen molar-refractivity contribution >= 4 is 17.2 Å². The molecule has 128 valence electrons. The Hall–Kier alpha value is -2.33. The molecule has 2 aromatic rings. The molecule has 0 aliphatic carbocycles. The fraction of sp³-hybridized carbons (Fsp3) is 0.381. The molecule has 2 saturated heterocycles. The molecule has 3 aliphatic heterocycles. The molecule has 0 amide bonds. The Morgan fingerprint density at radius 3 is 2.48 bits per heavy atom. The van der Waals surface area contributed by atoms with Crippen molar-refractivity contribution in [1.29, 1.82) is 0 Å². The van der Waals surface area contributed by atoms with E-state index in [1.165, 1.54) is 18.4 Å². The molecule has 0 saturated carbocycles. The second-order valence-corrected chi connectivity index (χ2v) is 7.57. The fourth-order valence-corrected chi connectivity index (χ4v) is 4.66. The Labute approximate surface area is 148 Å². The molecule has 25 heavy (non-hydrogen) atoms. The first-order valence-electron chi connectivity index (χ1n) is 9.31. The van der Waals surface area contributed by atoms with Crippen LogP contribution < -0.4 is 16.0 Å². The second-order valence-electron chi connectivity index (χ2n) is 7.57. The lowest BCUT2D eigenvalue weighted by atomic mass is 9.81. The van der Waals surface area contributed by atoms with E-state index in [0.29, 0.717) is 12.1 Å². The maximum atomic E-state index is 5.05. The number of amidine groups is 1. The number of hydrogen-bond acceptors (Lipinski definition) is 4. The quantitative estimate of drug-likeness (QED) is 0.788. The van der Waals surface area contributed by atoms with Crippen molar-refractivity contribution in [3.8, 4) is 0 Å². The average molecular weight is 332 g/mol. The van der Waals surface area contributed by atoms with Crippen LogP contribution in [0.3, 0.4) is 0 Å². The van der Waals surface area contributed by atoms with Crippen molar-refractivity contribution in [3.05, 3.63) is 60.2 Å². The van der Waals surface area contributed by atoms with E-state index in [1.54, 1.807) is 0 Å². The van der Waals surface area contributed by atoms with Crippen LogP contribution in [0.25, 0.3) is 0 Å². The zero-order valence-electron chi connectivity index (χ0n) is 14.3. The number of benzene rings is 2. The van der Waals surface area contributed by atoms with Crippen molar-refractivity contribution in [1.82, 2.24) is 10.6 Å². The Kier molecular flexibility index (Phi) is 3.52. The van der Waals surface area contributed by atoms with Crippen molar-refractivity contribution in [3.63, 3.8) is 0 Å². The lowest BCUT2D eigenvalue weighted by molar-refractivity contribution is 0.330. The van der Waals surface area contributed by atoms with Gasteiger partial charge in [-0.15, -0.1) is 0 Å². The molecule has 3 N–H and O–H groups in total. The molecule has 2 aromatic carbocycles. The maximum absolute atomic E-state index is 5.05. The molecule has 2 atom stereocenters. The summed E-state index contributed by atoms with van der Waals surface area (Å²) in [7, 11) is 0. The minimum absolute atomic E-state index is 0.0692. The van der Waals surface area contributed by atoms with E-state index in [1.807, 2.05) is 0 Å². The first-order chi connectivity index (χ1) is 12.3. The van der Waals surface area contributed by atoms with E-state index in [0.717, 1.165) is 36.6 Å². The van der Waals surface area contributed by atoms with Gasteiger partial charge < -0.3 is 16.0 Å². The maximum Gasteiger partial charge on any atom is 0.128 e. The van der Waals surface area contributed by atoms with Crippen LogP contribution in [0, 0.1) is 0 Å². The van der Waals surface area contributed by atoms with Crippen LogP contribution in [0.5, 0.6) is 0 Å². The smallest absolute Gasteiger partial charge is 0.128 e. The van der Waals surface area contributed by atoms with Gasteiger partial charge in [-0.05, 0) is 43.4 Å². The van der Waals surface area contributed by atoms with Gasteiger partial charge in [-0.1, -0.05) is 42.5 Å². The van der Waals surface area contributed by atoms with Crippen LogP contribution in [-0.2, 0) is 6.54 Å². The lowest BCUT2D eigenvalue weighted by Gasteiger charge is -2.45. The van der Waals surface area contributed by atoms with E-state index in [-0.39, 0.29) is 5.54 Å². The van der Waals surface area contributed by atoms with Gasteiger partial charge >= 0.3 is 0 Å². The molecule has 4 nitrogen and oxygen atoms in total. The Balaban J connectivity index is 1.48. The molecule has 3 aliphatic rings. The predicted octanol–water partition coefficient (Wildman–Crippen LogP) is 3.59. The molecular weight excluding hydrogens is 308 g/mol. The van der Waals surface area contributed by atoms with Crippen molar-refractivity contribution in [2.45, 2.75) is 49.9 Å². The van der Waals surface area contributed by atoms with Crippen molar-refractivity contribution in [2.75, 3.05) is 5.32 Å². The highest BCUT2D eigenvalue weighted by Crippen LogP contribution is 2.42. The average Bonchev–Trinajstić information content (AvgIpc) is 3.00. The highest BCUT2D eigenvalue weighted by molar-refractivity contribution is 6.00. The third kappa shape index (κ3) is 2.71. The lowest BCUT2D eigenvalue weighted by Crippen LogP contribution is -2.61. The molecule has 5 rings (SSSR count). The summed E-state index contributed by atoms with van der Waals surface area (Å²) in [5.41, 5.74) is 3.42. The molecule has 1 spiro atoms. The zero-order valence-corrected chi connectivity index (χ0v) is 14.3. The van der Waals surface area contributed by atoms with Gasteiger partial charge in [-0.25, -0.2) is 4.99 Å². The summed E-state index contributed by atoms with van der Waals surface area (Å²) in [6.07, 6.45) is 4.75. The van der Waals surface area contributed by atoms with Crippen molar-refractivity contribution < 1.29 is 0 Å². The number of para-hydroxylation sites is 2. The fourth-order valence-electron chi connectivity index (χ4n) is 4.66. The summed E-state index contributed by atoms with van der Waals surface area (Å²) < 4.78 is 0. The molecule has 0 radical (unpaired) electrons. The number of fused-ring (bicyclic) bond motifs is 3. The molecule has 2 unspecified atom stereocenters. The molecule has 2 fully saturated rings. The summed E-state index contributed by atoms with van der Waals surface area (Å²) in [6.45, 7) is 0.814. The first-order valence-corrected chi connectivity index (χ1v) is 9.31. The van der Waals surface area contributed by atoms with E-state index >= 15 is 0 Å². The number of anilines is 1. The predicted molar refractivity (Wildman–Crippen MR) is 102 cm³/mol. The monoisotopic (exact) mass is 332 g/mol. The zero-order chi connectivity index (χ0) is 16.7. The second kappa shape index (κ2) is 5.88. The van der Waals surface area contributed by atoms with Crippen molar-refractivity contribution in [2.24, 2.45) is 4.99 Å². The Bertz CT molecular complexity index is 787. The van der Waals surface area contributed by atoms with Crippen LogP contribution >= 0.6 is 0 Å². The third-order valence-electron chi connectivity index (χ3n) is 5.79. The Morgan fingerprint density at radius 2 is 1.68 bits per heavy atom. The highest BCUT2D eigenvalue weighted by atomic mass is 15.2. The van der Waals surface area contributed by atoms with Gasteiger partial charge in [0.15, 0.2) is 0 Å². The van der Waals surface area contributed by atoms with Crippen LogP contribution in [-0.4, -0.2) is 23.5 Å². The van der Waals surface area contributed by atoms with Gasteiger partial charge in [0.05, 0.1) is 16.9 Å². The number of piperidine rings is 1. The van der Waals surface area contributed by atoms with Crippen LogP contribution in [0.2, 0.25) is 0 Å². The van der Waals surface area contributed by atoms with Gasteiger partial charge in [0.1, 0.15) is 5.84 Å². The van der Waals surface area contributed by atoms with Gasteiger partial charge in [-0.2, -0.15) is 0 Å². The van der Waals surface area contributed by atoms with E-state index in [9.17, 15) is 0 Å². The molecule has 2 bridgehead atoms. The van der Waals surface area contributed by atoms with Gasteiger partial charge in [0.25, 0.3) is 0 Å². The molecule has 3 heterocycles. The normalized spacial score (nSPS) is 29.7. The van der Waals surface area contributed by atoms with Gasteiger partial charge in [0, 0.05) is 18.6 Å². The van der Waals surface area contributed by atoms with Crippen LogP contribution in [0.4, 0.5) is 11.4 Å². The van der Waals surface area contributed by atoms with Gasteiger partial charge in [0.2, 0.25) is 0 Å². The molecule has 0 aromatic heterocycles. The number of rotatable bonds is 2. The first kappa shape index (κ1) is 15.0. The summed E-state index contributed by atoms with van der Waals surface area (Å²) in [4.78, 5) is 5.05. The number of nitrogens with zero attached hydrogens (tertiary/aromatic N) is 1. The largest absolute Gasteiger partial charge is 0.371 e. The standard InChI is InChI=1S/C21H24N4/c1-2-6-15(7-3-1)14-22-20-21(12-16-10-11-17(13-21)23-16)25-19-9-5-4-8-18(19)24-20/h1-9,16-17,23,25H,10-14H2,(H,22,24). The SMILES string of the molecule is c1ccc(CNC2=Nc3ccccc3NC23CC2CCC(C3)N2)cc1. The summed E-state index contributed by atoms with van der Waals surface area (Å²) in [5.74, 6) is 1.11. The number of hydrogen-bond donors (Lipinski definition) is 3. The summed E-state index contributed by atoms with van der Waals surface area (Å²) in [5, 5.41) is 11.3. The van der Waals surface area contributed by atoms with E-state index in [4.69, 9.17) is 4.99 Å². The van der Waals surface area contributed by atoms with E-state index < -0.39 is 0 Å². The molecule has 4 heteroatoms. The molecular formula is C21H24N4. The van der Waals surface area contributed by atoms with Gasteiger partial charge in [-0.3, -0.25) is 0 Å². The minimum Gasteiger partial charge on any atom is -0.371 e. The third-order valence-corrected chi connectivity index (χ3v) is 5.79. The van der Waals surface area contributed by atoms with Crippen LogP contribution in [0.1, 0.15) is 31.2 Å². The number of aliphatic imine (C=N–C) groups is 1. The topological polar surface area (TPSA) is 48.5 Å². The highest BCUT2D eigenvalue weighted by Gasteiger charge is 2.48. The van der Waals surface area contributed by atoms with E-state index in [2.05, 4.69) is 70.5 Å². The van der Waals surface area contributed by atoms with Crippen LogP contribution in [0.15, 0.2) is 59.6 Å².